The summed E-state index contributed by atoms with van der Waals surface area (Å²) in [5, 5.41) is 2.84. The minimum absolute atomic E-state index is 0.145. The van der Waals surface area contributed by atoms with Gasteiger partial charge in [0.15, 0.2) is 11.5 Å². The quantitative estimate of drug-likeness (QED) is 0.656. The maximum Gasteiger partial charge on any atom is 0.255 e. The summed E-state index contributed by atoms with van der Waals surface area (Å²) in [6.07, 6.45) is 2.76. The van der Waals surface area contributed by atoms with Gasteiger partial charge in [0.1, 0.15) is 0 Å². The maximum absolute atomic E-state index is 13.0. The van der Waals surface area contributed by atoms with Crippen molar-refractivity contribution in [3.8, 4) is 11.5 Å². The smallest absolute Gasteiger partial charge is 0.255 e. The van der Waals surface area contributed by atoms with Crippen LogP contribution < -0.4 is 14.8 Å². The lowest BCUT2D eigenvalue weighted by Gasteiger charge is -2.26. The van der Waals surface area contributed by atoms with Crippen molar-refractivity contribution in [3.63, 3.8) is 0 Å². The number of aryl methyl sites for hydroxylation is 1. The molecule has 1 aliphatic rings. The molecule has 168 valence electrons. The second kappa shape index (κ2) is 10.2. The number of sulfonamides is 1. The van der Waals surface area contributed by atoms with Crippen LogP contribution in [0.15, 0.2) is 41.3 Å². The molecular formula is C23H30N2O5S. The minimum Gasteiger partial charge on any atom is -0.490 e. The van der Waals surface area contributed by atoms with E-state index in [1.807, 2.05) is 13.8 Å². The first kappa shape index (κ1) is 23.1. The number of nitrogens with zero attached hydrogens (tertiary/aromatic N) is 1. The van der Waals surface area contributed by atoms with Crippen molar-refractivity contribution in [3.05, 3.63) is 47.5 Å². The van der Waals surface area contributed by atoms with Gasteiger partial charge in [-0.25, -0.2) is 8.42 Å². The van der Waals surface area contributed by atoms with Crippen LogP contribution in [0.4, 0.5) is 5.69 Å². The van der Waals surface area contributed by atoms with Crippen molar-refractivity contribution in [2.75, 3.05) is 31.6 Å². The van der Waals surface area contributed by atoms with E-state index >= 15 is 0 Å². The third-order valence-corrected chi connectivity index (χ3v) is 7.10. The summed E-state index contributed by atoms with van der Waals surface area (Å²) in [4.78, 5) is 13.1. The number of hydrogen-bond donors (Lipinski definition) is 1. The lowest BCUT2D eigenvalue weighted by atomic mass is 10.1. The van der Waals surface area contributed by atoms with Gasteiger partial charge in [0.2, 0.25) is 10.0 Å². The lowest BCUT2D eigenvalue weighted by Crippen LogP contribution is -2.35. The van der Waals surface area contributed by atoms with Crippen molar-refractivity contribution < 1.29 is 22.7 Å². The summed E-state index contributed by atoms with van der Waals surface area (Å²) >= 11 is 0. The summed E-state index contributed by atoms with van der Waals surface area (Å²) in [5.41, 5.74) is 1.57. The number of carbonyl (C=O) groups is 1. The van der Waals surface area contributed by atoms with Gasteiger partial charge in [0, 0.05) is 30.4 Å². The molecule has 0 aliphatic carbocycles. The summed E-state index contributed by atoms with van der Waals surface area (Å²) < 4.78 is 38.7. The van der Waals surface area contributed by atoms with Crippen molar-refractivity contribution in [1.29, 1.82) is 0 Å². The summed E-state index contributed by atoms with van der Waals surface area (Å²) in [6.45, 7) is 7.55. The van der Waals surface area contributed by atoms with Crippen molar-refractivity contribution in [2.45, 2.75) is 44.9 Å². The number of nitrogens with one attached hydrogen (secondary N) is 1. The zero-order valence-corrected chi connectivity index (χ0v) is 19.1. The Kier molecular flexibility index (Phi) is 7.56. The van der Waals surface area contributed by atoms with Crippen molar-refractivity contribution in [2.24, 2.45) is 0 Å². The molecular weight excluding hydrogens is 416 g/mol. The molecule has 1 fully saturated rings. The molecule has 1 N–H and O–H groups in total. The van der Waals surface area contributed by atoms with Gasteiger partial charge in [0.05, 0.1) is 18.1 Å². The highest BCUT2D eigenvalue weighted by Crippen LogP contribution is 2.31. The molecule has 0 radical (unpaired) electrons. The monoisotopic (exact) mass is 446 g/mol. The molecule has 3 rings (SSSR count). The Labute approximate surface area is 184 Å². The molecule has 1 amide bonds. The SMILES string of the molecule is CCOc1ccc(NC(=O)c2cc(S(=O)(=O)N3CCCCC3)ccc2C)cc1OCC. The van der Waals surface area contributed by atoms with Gasteiger partial charge in [-0.3, -0.25) is 4.79 Å². The second-order valence-electron chi connectivity index (χ2n) is 7.42. The molecule has 0 spiro atoms. The summed E-state index contributed by atoms with van der Waals surface area (Å²) in [6, 6.07) is 9.89. The molecule has 0 atom stereocenters. The van der Waals surface area contributed by atoms with Gasteiger partial charge in [-0.2, -0.15) is 4.31 Å². The normalized spacial score (nSPS) is 14.8. The first-order valence-electron chi connectivity index (χ1n) is 10.7. The molecule has 2 aromatic carbocycles. The zero-order chi connectivity index (χ0) is 22.4. The van der Waals surface area contributed by atoms with Gasteiger partial charge in [-0.05, 0) is 63.4 Å². The third kappa shape index (κ3) is 5.37. The molecule has 2 aromatic rings. The number of hydrogen-bond acceptors (Lipinski definition) is 5. The Hall–Kier alpha value is -2.58. The molecule has 1 heterocycles. The molecule has 8 heteroatoms. The van der Waals surface area contributed by atoms with Crippen LogP contribution in [0.3, 0.4) is 0 Å². The van der Waals surface area contributed by atoms with Crippen molar-refractivity contribution in [1.82, 2.24) is 4.31 Å². The van der Waals surface area contributed by atoms with Crippen LogP contribution in [0.2, 0.25) is 0 Å². The number of anilines is 1. The van der Waals surface area contributed by atoms with Gasteiger partial charge >= 0.3 is 0 Å². The highest BCUT2D eigenvalue weighted by molar-refractivity contribution is 7.89. The van der Waals surface area contributed by atoms with Crippen LogP contribution in [-0.4, -0.2) is 44.9 Å². The van der Waals surface area contributed by atoms with Crippen LogP contribution in [-0.2, 0) is 10.0 Å². The maximum atomic E-state index is 13.0. The Balaban J connectivity index is 1.85. The number of amides is 1. The van der Waals surface area contributed by atoms with E-state index in [0.29, 0.717) is 54.6 Å². The fourth-order valence-corrected chi connectivity index (χ4v) is 5.13. The molecule has 31 heavy (non-hydrogen) atoms. The Morgan fingerprint density at radius 1 is 0.968 bits per heavy atom. The van der Waals surface area contributed by atoms with Crippen LogP contribution in [0, 0.1) is 6.92 Å². The average molecular weight is 447 g/mol. The molecule has 0 unspecified atom stereocenters. The predicted molar refractivity (Wildman–Crippen MR) is 121 cm³/mol. The van der Waals surface area contributed by atoms with E-state index in [2.05, 4.69) is 5.32 Å². The Morgan fingerprint density at radius 2 is 1.65 bits per heavy atom. The van der Waals surface area contributed by atoms with E-state index in [4.69, 9.17) is 9.47 Å². The number of carbonyl (C=O) groups excluding carboxylic acids is 1. The van der Waals surface area contributed by atoms with E-state index in [0.717, 1.165) is 19.3 Å². The van der Waals surface area contributed by atoms with E-state index < -0.39 is 10.0 Å². The zero-order valence-electron chi connectivity index (χ0n) is 18.3. The van der Waals surface area contributed by atoms with E-state index in [-0.39, 0.29) is 10.8 Å². The molecule has 0 aromatic heterocycles. The van der Waals surface area contributed by atoms with Gasteiger partial charge < -0.3 is 14.8 Å². The largest absolute Gasteiger partial charge is 0.490 e. The molecule has 7 nitrogen and oxygen atoms in total. The third-order valence-electron chi connectivity index (χ3n) is 5.21. The van der Waals surface area contributed by atoms with Gasteiger partial charge in [-0.1, -0.05) is 12.5 Å². The van der Waals surface area contributed by atoms with Crippen LogP contribution in [0.5, 0.6) is 11.5 Å². The summed E-state index contributed by atoms with van der Waals surface area (Å²) in [7, 11) is -3.62. The second-order valence-corrected chi connectivity index (χ2v) is 9.36. The standard InChI is InChI=1S/C23H30N2O5S/c1-4-29-21-12-10-18(15-22(21)30-5-2)24-23(26)20-16-19(11-9-17(20)3)31(27,28)25-13-7-6-8-14-25/h9-12,15-16H,4-8,13-14H2,1-3H3,(H,24,26). The van der Waals surface area contributed by atoms with Crippen LogP contribution >= 0.6 is 0 Å². The van der Waals surface area contributed by atoms with Crippen LogP contribution in [0.1, 0.15) is 49.0 Å². The van der Waals surface area contributed by atoms with Gasteiger partial charge in [0.25, 0.3) is 5.91 Å². The molecule has 0 bridgehead atoms. The minimum atomic E-state index is -3.62. The highest BCUT2D eigenvalue weighted by atomic mass is 32.2. The summed E-state index contributed by atoms with van der Waals surface area (Å²) in [5.74, 6) is 0.772. The average Bonchev–Trinajstić information content (AvgIpc) is 2.76. The van der Waals surface area contributed by atoms with Crippen molar-refractivity contribution >= 4 is 21.6 Å². The number of ether oxygens (including phenoxy) is 2. The molecule has 1 aliphatic heterocycles. The predicted octanol–water partition coefficient (Wildman–Crippen LogP) is 4.22. The van der Waals surface area contributed by atoms with Crippen LogP contribution in [0.25, 0.3) is 0 Å². The number of benzene rings is 2. The number of rotatable bonds is 8. The molecule has 0 saturated carbocycles. The highest BCUT2D eigenvalue weighted by Gasteiger charge is 2.27. The van der Waals surface area contributed by atoms with Gasteiger partial charge in [-0.15, -0.1) is 0 Å². The first-order chi connectivity index (χ1) is 14.9. The van der Waals surface area contributed by atoms with E-state index in [9.17, 15) is 13.2 Å². The topological polar surface area (TPSA) is 84.9 Å². The fourth-order valence-electron chi connectivity index (χ4n) is 3.59. The van der Waals surface area contributed by atoms with E-state index in [1.54, 1.807) is 37.3 Å². The van der Waals surface area contributed by atoms with E-state index in [1.165, 1.54) is 10.4 Å². The fraction of sp³-hybridized carbons (Fsp3) is 0.435. The number of piperidine rings is 1. The Morgan fingerprint density at radius 3 is 2.32 bits per heavy atom. The lowest BCUT2D eigenvalue weighted by molar-refractivity contribution is 0.102. The molecule has 1 saturated heterocycles. The Bertz CT molecular complexity index is 1030. The first-order valence-corrected chi connectivity index (χ1v) is 12.1.